The molecule has 0 aliphatic carbocycles. The van der Waals surface area contributed by atoms with Crippen LogP contribution >= 0.6 is 0 Å². The second-order valence-electron chi connectivity index (χ2n) is 2.30. The van der Waals surface area contributed by atoms with E-state index in [9.17, 15) is 0 Å². The summed E-state index contributed by atoms with van der Waals surface area (Å²) in [5.74, 6) is 0. The van der Waals surface area contributed by atoms with Crippen molar-refractivity contribution in [3.8, 4) is 6.07 Å². The molecule has 46 valence electrons. The Morgan fingerprint density at radius 2 is 2.12 bits per heavy atom. The lowest BCUT2D eigenvalue weighted by Crippen LogP contribution is -2.20. The number of methoxy groups -OCH3 is 1. The molecule has 0 saturated carbocycles. The van der Waals surface area contributed by atoms with Crippen molar-refractivity contribution in [3.05, 3.63) is 0 Å². The van der Waals surface area contributed by atoms with E-state index >= 15 is 0 Å². The van der Waals surface area contributed by atoms with Gasteiger partial charge in [-0.3, -0.25) is 0 Å². The first-order valence-corrected chi connectivity index (χ1v) is 2.54. The second kappa shape index (κ2) is 2.68. The van der Waals surface area contributed by atoms with Gasteiger partial charge in [0.1, 0.15) is 0 Å². The minimum atomic E-state index is -0.269. The molecule has 0 radical (unpaired) electrons. The standard InChI is InChI=1S/C6H11NO/c1-6(2,8-3)4-5-7/h4H2,1-3H3. The number of ether oxygens (including phenoxy) is 1. The van der Waals surface area contributed by atoms with Gasteiger partial charge in [0.05, 0.1) is 18.1 Å². The molecule has 0 atom stereocenters. The van der Waals surface area contributed by atoms with E-state index in [1.807, 2.05) is 19.9 Å². The third-order valence-corrected chi connectivity index (χ3v) is 1.06. The first-order valence-electron chi connectivity index (χ1n) is 2.54. The maximum Gasteiger partial charge on any atom is 0.0752 e. The maximum absolute atomic E-state index is 8.20. The molecule has 0 aliphatic heterocycles. The molecule has 0 aromatic heterocycles. The van der Waals surface area contributed by atoms with E-state index in [2.05, 4.69) is 0 Å². The van der Waals surface area contributed by atoms with Crippen LogP contribution in [0.5, 0.6) is 0 Å². The highest BCUT2D eigenvalue weighted by Crippen LogP contribution is 2.10. The van der Waals surface area contributed by atoms with Crippen molar-refractivity contribution in [2.45, 2.75) is 25.9 Å². The topological polar surface area (TPSA) is 33.0 Å². The molecule has 0 aliphatic rings. The predicted molar refractivity (Wildman–Crippen MR) is 31.3 cm³/mol. The largest absolute Gasteiger partial charge is 0.378 e. The summed E-state index contributed by atoms with van der Waals surface area (Å²) in [6.45, 7) is 3.77. The summed E-state index contributed by atoms with van der Waals surface area (Å²) in [5.41, 5.74) is -0.269. The van der Waals surface area contributed by atoms with Gasteiger partial charge in [-0.1, -0.05) is 0 Å². The smallest absolute Gasteiger partial charge is 0.0752 e. The Morgan fingerprint density at radius 3 is 2.25 bits per heavy atom. The van der Waals surface area contributed by atoms with Crippen LogP contribution in [0.2, 0.25) is 0 Å². The van der Waals surface area contributed by atoms with Gasteiger partial charge >= 0.3 is 0 Å². The fourth-order valence-electron chi connectivity index (χ4n) is 0.263. The van der Waals surface area contributed by atoms with Gasteiger partial charge in [0.2, 0.25) is 0 Å². The Hall–Kier alpha value is -0.550. The maximum atomic E-state index is 8.20. The molecule has 2 nitrogen and oxygen atoms in total. The molecule has 0 rings (SSSR count). The zero-order valence-corrected chi connectivity index (χ0v) is 5.56. The van der Waals surface area contributed by atoms with Gasteiger partial charge in [0, 0.05) is 7.11 Å². The molecule has 2 heteroatoms. The highest BCUT2D eigenvalue weighted by molar-refractivity contribution is 4.82. The molecule has 0 amide bonds. The average Bonchev–Trinajstić information content (AvgIpc) is 1.67. The molecule has 0 saturated heterocycles. The third kappa shape index (κ3) is 2.59. The molecule has 0 N–H and O–H groups in total. The Labute approximate surface area is 50.1 Å². The van der Waals surface area contributed by atoms with E-state index in [4.69, 9.17) is 10.00 Å². The highest BCUT2D eigenvalue weighted by atomic mass is 16.5. The van der Waals surface area contributed by atoms with Crippen LogP contribution in [-0.2, 0) is 4.74 Å². The van der Waals surface area contributed by atoms with Crippen LogP contribution in [0.3, 0.4) is 0 Å². The van der Waals surface area contributed by atoms with E-state index in [0.29, 0.717) is 6.42 Å². The number of rotatable bonds is 2. The van der Waals surface area contributed by atoms with Crippen molar-refractivity contribution in [2.75, 3.05) is 7.11 Å². The monoisotopic (exact) mass is 113 g/mol. The Kier molecular flexibility index (Phi) is 2.50. The summed E-state index contributed by atoms with van der Waals surface area (Å²) >= 11 is 0. The van der Waals surface area contributed by atoms with Crippen molar-refractivity contribution in [1.29, 1.82) is 5.26 Å². The van der Waals surface area contributed by atoms with Crippen LogP contribution in [0.1, 0.15) is 20.3 Å². The highest BCUT2D eigenvalue weighted by Gasteiger charge is 2.14. The quantitative estimate of drug-likeness (QED) is 0.541. The van der Waals surface area contributed by atoms with Crippen LogP contribution in [-0.4, -0.2) is 12.7 Å². The van der Waals surface area contributed by atoms with Gasteiger partial charge in [-0.05, 0) is 13.8 Å². The summed E-state index contributed by atoms with van der Waals surface area (Å²) in [7, 11) is 1.61. The fraction of sp³-hybridized carbons (Fsp3) is 0.833. The Bertz CT molecular complexity index is 102. The van der Waals surface area contributed by atoms with E-state index in [1.54, 1.807) is 7.11 Å². The van der Waals surface area contributed by atoms with Crippen molar-refractivity contribution < 1.29 is 4.74 Å². The zero-order valence-electron chi connectivity index (χ0n) is 5.56. The minimum absolute atomic E-state index is 0.269. The van der Waals surface area contributed by atoms with Crippen LogP contribution in [0.25, 0.3) is 0 Å². The van der Waals surface area contributed by atoms with Gasteiger partial charge in [-0.2, -0.15) is 5.26 Å². The molecule has 0 bridgehead atoms. The molecule has 0 aromatic carbocycles. The first-order chi connectivity index (χ1) is 3.62. The lowest BCUT2D eigenvalue weighted by Gasteiger charge is -2.17. The Morgan fingerprint density at radius 1 is 1.62 bits per heavy atom. The summed E-state index contributed by atoms with van der Waals surface area (Å²) in [5, 5.41) is 8.20. The van der Waals surface area contributed by atoms with Crippen LogP contribution in [0.15, 0.2) is 0 Å². The molecule has 0 unspecified atom stereocenters. The van der Waals surface area contributed by atoms with Crippen molar-refractivity contribution >= 4 is 0 Å². The van der Waals surface area contributed by atoms with Gasteiger partial charge < -0.3 is 4.74 Å². The minimum Gasteiger partial charge on any atom is -0.378 e. The molecule has 0 spiro atoms. The number of hydrogen-bond donors (Lipinski definition) is 0. The number of nitriles is 1. The molecule has 0 heterocycles. The first kappa shape index (κ1) is 7.45. The molecular weight excluding hydrogens is 102 g/mol. The van der Waals surface area contributed by atoms with Crippen molar-refractivity contribution in [1.82, 2.24) is 0 Å². The second-order valence-corrected chi connectivity index (χ2v) is 2.30. The molecule has 8 heavy (non-hydrogen) atoms. The van der Waals surface area contributed by atoms with Crippen LogP contribution in [0.4, 0.5) is 0 Å². The van der Waals surface area contributed by atoms with E-state index in [-0.39, 0.29) is 5.60 Å². The summed E-state index contributed by atoms with van der Waals surface area (Å²) < 4.78 is 4.96. The van der Waals surface area contributed by atoms with Gasteiger partial charge in [0.15, 0.2) is 0 Å². The van der Waals surface area contributed by atoms with E-state index < -0.39 is 0 Å². The van der Waals surface area contributed by atoms with Gasteiger partial charge in [0.25, 0.3) is 0 Å². The van der Waals surface area contributed by atoms with E-state index in [0.717, 1.165) is 0 Å². The average molecular weight is 113 g/mol. The van der Waals surface area contributed by atoms with Crippen LogP contribution in [0, 0.1) is 11.3 Å². The van der Waals surface area contributed by atoms with Gasteiger partial charge in [-0.25, -0.2) is 0 Å². The normalized spacial score (nSPS) is 10.8. The third-order valence-electron chi connectivity index (χ3n) is 1.06. The van der Waals surface area contributed by atoms with Crippen molar-refractivity contribution in [2.24, 2.45) is 0 Å². The molecular formula is C6H11NO. The molecule has 0 fully saturated rings. The summed E-state index contributed by atoms with van der Waals surface area (Å²) in [4.78, 5) is 0. The predicted octanol–water partition coefficient (Wildman–Crippen LogP) is 1.33. The van der Waals surface area contributed by atoms with E-state index in [1.165, 1.54) is 0 Å². The number of nitrogens with zero attached hydrogens (tertiary/aromatic N) is 1. The van der Waals surface area contributed by atoms with Gasteiger partial charge in [-0.15, -0.1) is 0 Å². The lowest BCUT2D eigenvalue weighted by atomic mass is 10.1. The fourth-order valence-corrected chi connectivity index (χ4v) is 0.263. The number of hydrogen-bond acceptors (Lipinski definition) is 2. The zero-order chi connectivity index (χ0) is 6.62. The summed E-state index contributed by atoms with van der Waals surface area (Å²) in [6.07, 6.45) is 0.448. The molecule has 0 aromatic rings. The lowest BCUT2D eigenvalue weighted by molar-refractivity contribution is 0.0270. The Balaban J connectivity index is 3.58. The summed E-state index contributed by atoms with van der Waals surface area (Å²) in [6, 6.07) is 2.03. The SMILES string of the molecule is COC(C)(C)CC#N. The van der Waals surface area contributed by atoms with Crippen molar-refractivity contribution in [3.63, 3.8) is 0 Å². The van der Waals surface area contributed by atoms with Crippen LogP contribution < -0.4 is 0 Å².